The summed E-state index contributed by atoms with van der Waals surface area (Å²) in [5.74, 6) is 3.33. The molecule has 0 fully saturated rings. The Morgan fingerprint density at radius 1 is 1.36 bits per heavy atom. The normalized spacial score (nSPS) is 11.8. The first kappa shape index (κ1) is 10.8. The van der Waals surface area contributed by atoms with Gasteiger partial charge < -0.3 is 11.6 Å². The second kappa shape index (κ2) is 4.28. The van der Waals surface area contributed by atoms with E-state index in [1.807, 2.05) is 0 Å². The van der Waals surface area contributed by atoms with Gasteiger partial charge in [0.2, 0.25) is 0 Å². The van der Waals surface area contributed by atoms with Gasteiger partial charge in [-0.2, -0.15) is 17.7 Å². The summed E-state index contributed by atoms with van der Waals surface area (Å²) < 4.78 is 26.3. The van der Waals surface area contributed by atoms with E-state index in [4.69, 9.17) is 11.6 Å². The van der Waals surface area contributed by atoms with Crippen LogP contribution in [0.5, 0.6) is 0 Å². The van der Waals surface area contributed by atoms with Crippen LogP contribution < -0.4 is 11.6 Å². The zero-order chi connectivity index (χ0) is 10.7. The molecule has 1 aromatic rings. The fourth-order valence-electron chi connectivity index (χ4n) is 0.976. The minimum Gasteiger partial charge on any atom is -0.382 e. The van der Waals surface area contributed by atoms with Crippen molar-refractivity contribution in [1.82, 2.24) is 0 Å². The van der Waals surface area contributed by atoms with Crippen LogP contribution in [0.1, 0.15) is 11.1 Å². The van der Waals surface area contributed by atoms with Crippen molar-refractivity contribution in [3.8, 4) is 0 Å². The zero-order valence-electron chi connectivity index (χ0n) is 7.17. The second-order valence-electron chi connectivity index (χ2n) is 2.59. The first-order valence-corrected chi connectivity index (χ1v) is 4.36. The van der Waals surface area contributed by atoms with Crippen LogP contribution in [0.2, 0.25) is 0 Å². The van der Waals surface area contributed by atoms with Gasteiger partial charge >= 0.3 is 0 Å². The molecule has 0 saturated carbocycles. The van der Waals surface area contributed by atoms with Crippen LogP contribution in [-0.2, 0) is 5.75 Å². The quantitative estimate of drug-likeness (QED) is 0.227. The van der Waals surface area contributed by atoms with E-state index in [0.717, 1.165) is 12.1 Å². The van der Waals surface area contributed by atoms with Gasteiger partial charge in [-0.25, -0.2) is 8.78 Å². The molecule has 0 aliphatic rings. The van der Waals surface area contributed by atoms with Gasteiger partial charge in [-0.15, -0.1) is 0 Å². The van der Waals surface area contributed by atoms with Crippen molar-refractivity contribution < 1.29 is 8.78 Å². The van der Waals surface area contributed by atoms with E-state index in [-0.39, 0.29) is 22.7 Å². The number of benzene rings is 1. The number of nitrogens with two attached hydrogens (primary N) is 2. The predicted molar refractivity (Wildman–Crippen MR) is 54.0 cm³/mol. The lowest BCUT2D eigenvalue weighted by Crippen LogP contribution is -2.16. The minimum absolute atomic E-state index is 0.0163. The molecule has 1 rings (SSSR count). The molecule has 0 amide bonds. The summed E-state index contributed by atoms with van der Waals surface area (Å²) in [4.78, 5) is 0. The third kappa shape index (κ3) is 1.95. The van der Waals surface area contributed by atoms with Crippen LogP contribution in [0.25, 0.3) is 0 Å². The van der Waals surface area contributed by atoms with E-state index in [0.29, 0.717) is 0 Å². The molecule has 14 heavy (non-hydrogen) atoms. The number of halogens is 2. The van der Waals surface area contributed by atoms with E-state index >= 15 is 0 Å². The summed E-state index contributed by atoms with van der Waals surface area (Å²) in [6.07, 6.45) is 0. The van der Waals surface area contributed by atoms with E-state index in [9.17, 15) is 8.78 Å². The molecule has 0 atom stereocenters. The molecule has 0 radical (unpaired) electrons. The van der Waals surface area contributed by atoms with Crippen molar-refractivity contribution in [2.24, 2.45) is 16.7 Å². The van der Waals surface area contributed by atoms with Gasteiger partial charge in [-0.05, 0) is 12.1 Å². The van der Waals surface area contributed by atoms with Crippen molar-refractivity contribution in [3.63, 3.8) is 0 Å². The monoisotopic (exact) mass is 217 g/mol. The highest BCUT2D eigenvalue weighted by atomic mass is 32.1. The maximum atomic E-state index is 13.2. The molecular weight excluding hydrogens is 208 g/mol. The maximum Gasteiger partial charge on any atom is 0.150 e. The molecule has 0 saturated heterocycles. The Labute approximate surface area is 85.2 Å². The van der Waals surface area contributed by atoms with Gasteiger partial charge in [0, 0.05) is 16.9 Å². The van der Waals surface area contributed by atoms with Crippen LogP contribution in [0.15, 0.2) is 17.2 Å². The molecule has 76 valence electrons. The van der Waals surface area contributed by atoms with Gasteiger partial charge in [-0.3, -0.25) is 0 Å². The van der Waals surface area contributed by atoms with Crippen molar-refractivity contribution in [2.75, 3.05) is 0 Å². The maximum absolute atomic E-state index is 13.2. The Morgan fingerprint density at radius 3 is 2.21 bits per heavy atom. The SMILES string of the molecule is N/N=C(\N)c1cc(F)c(CS)c(F)c1. The number of nitrogens with zero attached hydrogens (tertiary/aromatic N) is 1. The Hall–Kier alpha value is -1.30. The van der Waals surface area contributed by atoms with E-state index in [1.165, 1.54) is 0 Å². The zero-order valence-corrected chi connectivity index (χ0v) is 8.06. The van der Waals surface area contributed by atoms with E-state index in [1.54, 1.807) is 0 Å². The molecule has 0 unspecified atom stereocenters. The molecule has 0 bridgehead atoms. The molecule has 6 heteroatoms. The summed E-state index contributed by atoms with van der Waals surface area (Å²) >= 11 is 3.79. The Balaban J connectivity index is 3.27. The number of amidine groups is 1. The van der Waals surface area contributed by atoms with Crippen LogP contribution in [0.3, 0.4) is 0 Å². The Kier molecular flexibility index (Phi) is 3.29. The molecule has 1 aromatic carbocycles. The van der Waals surface area contributed by atoms with Crippen molar-refractivity contribution in [2.45, 2.75) is 5.75 Å². The molecule has 4 N–H and O–H groups in total. The summed E-state index contributed by atoms with van der Waals surface area (Å²) in [5.41, 5.74) is 5.32. The summed E-state index contributed by atoms with van der Waals surface area (Å²) in [7, 11) is 0. The van der Waals surface area contributed by atoms with E-state index in [2.05, 4.69) is 17.7 Å². The molecule has 3 nitrogen and oxygen atoms in total. The fraction of sp³-hybridized carbons (Fsp3) is 0.125. The highest BCUT2D eigenvalue weighted by molar-refractivity contribution is 7.79. The molecule has 0 aliphatic heterocycles. The lowest BCUT2D eigenvalue weighted by atomic mass is 10.1. The van der Waals surface area contributed by atoms with Crippen LogP contribution in [-0.4, -0.2) is 5.84 Å². The number of thiol groups is 1. The third-order valence-electron chi connectivity index (χ3n) is 1.73. The van der Waals surface area contributed by atoms with Crippen LogP contribution >= 0.6 is 12.6 Å². The molecule has 0 aromatic heterocycles. The van der Waals surface area contributed by atoms with Crippen molar-refractivity contribution in [3.05, 3.63) is 34.9 Å². The highest BCUT2D eigenvalue weighted by Crippen LogP contribution is 2.16. The first-order valence-electron chi connectivity index (χ1n) is 3.72. The smallest absolute Gasteiger partial charge is 0.150 e. The molecule has 0 spiro atoms. The number of rotatable bonds is 2. The fourth-order valence-corrected chi connectivity index (χ4v) is 1.28. The summed E-state index contributed by atoms with van der Waals surface area (Å²) in [5, 5.41) is 3.14. The van der Waals surface area contributed by atoms with E-state index < -0.39 is 11.6 Å². The van der Waals surface area contributed by atoms with Crippen LogP contribution in [0.4, 0.5) is 8.78 Å². The second-order valence-corrected chi connectivity index (χ2v) is 2.91. The summed E-state index contributed by atoms with van der Waals surface area (Å²) in [6.45, 7) is 0. The minimum atomic E-state index is -0.707. The van der Waals surface area contributed by atoms with Crippen molar-refractivity contribution in [1.29, 1.82) is 0 Å². The lowest BCUT2D eigenvalue weighted by Gasteiger charge is -2.04. The van der Waals surface area contributed by atoms with Gasteiger partial charge in [0.05, 0.1) is 0 Å². The predicted octanol–water partition coefficient (Wildman–Crippen LogP) is 0.974. The topological polar surface area (TPSA) is 64.4 Å². The van der Waals surface area contributed by atoms with Gasteiger partial charge in [0.15, 0.2) is 0 Å². The Morgan fingerprint density at radius 2 is 1.86 bits per heavy atom. The van der Waals surface area contributed by atoms with Gasteiger partial charge in [0.25, 0.3) is 0 Å². The molecule has 0 aliphatic carbocycles. The third-order valence-corrected chi connectivity index (χ3v) is 2.05. The highest BCUT2D eigenvalue weighted by Gasteiger charge is 2.11. The average molecular weight is 217 g/mol. The van der Waals surface area contributed by atoms with Crippen LogP contribution in [0, 0.1) is 11.6 Å². The average Bonchev–Trinajstić information content (AvgIpc) is 2.16. The largest absolute Gasteiger partial charge is 0.382 e. The standard InChI is InChI=1S/C8H9F2N3S/c9-6-1-4(8(11)13-12)2-7(10)5(6)3-14/h1-2,14H,3,12H2,(H2,11,13). The molecular formula is C8H9F2N3S. The van der Waals surface area contributed by atoms with Gasteiger partial charge in [0.1, 0.15) is 17.5 Å². The number of hydrogen-bond donors (Lipinski definition) is 3. The number of hydrogen-bond acceptors (Lipinski definition) is 3. The first-order chi connectivity index (χ1) is 6.60. The lowest BCUT2D eigenvalue weighted by molar-refractivity contribution is 0.566. The molecule has 0 heterocycles. The number of hydrazone groups is 1. The summed E-state index contributed by atoms with van der Waals surface area (Å²) in [6, 6.07) is 2.14. The van der Waals surface area contributed by atoms with Crippen molar-refractivity contribution >= 4 is 18.5 Å². The Bertz CT molecular complexity index is 356. The van der Waals surface area contributed by atoms with Gasteiger partial charge in [-0.1, -0.05) is 0 Å².